The summed E-state index contributed by atoms with van der Waals surface area (Å²) in [4.78, 5) is 12.6. The van der Waals surface area contributed by atoms with Gasteiger partial charge in [-0.1, -0.05) is 6.58 Å². The summed E-state index contributed by atoms with van der Waals surface area (Å²) in [7, 11) is 0. The van der Waals surface area contributed by atoms with E-state index in [0.717, 1.165) is 19.3 Å². The standard InChI is InChI=1S/C11H13NOS/c1-2-11(13)12-9-4-3-5-10-8(9)6-7-14-10/h2,6-7,9H,1,3-5H2,(H,12,13)/t9-/m0/s1. The van der Waals surface area contributed by atoms with Crippen molar-refractivity contribution in [2.75, 3.05) is 0 Å². The van der Waals surface area contributed by atoms with Crippen LogP contribution in [0.1, 0.15) is 29.3 Å². The molecular formula is C11H13NOS. The third-order valence-corrected chi connectivity index (χ3v) is 3.55. The molecule has 0 saturated carbocycles. The van der Waals surface area contributed by atoms with Crippen LogP contribution in [0.3, 0.4) is 0 Å². The quantitative estimate of drug-likeness (QED) is 0.741. The molecule has 14 heavy (non-hydrogen) atoms. The van der Waals surface area contributed by atoms with Gasteiger partial charge in [0.2, 0.25) is 5.91 Å². The summed E-state index contributed by atoms with van der Waals surface area (Å²) in [6.07, 6.45) is 4.70. The van der Waals surface area contributed by atoms with Gasteiger partial charge in [0.05, 0.1) is 6.04 Å². The zero-order valence-electron chi connectivity index (χ0n) is 7.95. The van der Waals surface area contributed by atoms with E-state index in [0.29, 0.717) is 0 Å². The minimum Gasteiger partial charge on any atom is -0.346 e. The maximum absolute atomic E-state index is 11.2. The van der Waals surface area contributed by atoms with Crippen LogP contribution in [-0.2, 0) is 11.2 Å². The van der Waals surface area contributed by atoms with Crippen molar-refractivity contribution < 1.29 is 4.79 Å². The molecule has 2 rings (SSSR count). The van der Waals surface area contributed by atoms with Gasteiger partial charge in [-0.05, 0) is 42.3 Å². The minimum absolute atomic E-state index is 0.0750. The average molecular weight is 207 g/mol. The predicted octanol–water partition coefficient (Wildman–Crippen LogP) is 2.43. The molecule has 74 valence electrons. The first-order chi connectivity index (χ1) is 6.81. The summed E-state index contributed by atoms with van der Waals surface area (Å²) in [5, 5.41) is 5.06. The Bertz CT molecular complexity index is 356. The number of thiophene rings is 1. The number of amides is 1. The molecule has 0 aromatic carbocycles. The first kappa shape index (κ1) is 9.46. The van der Waals surface area contributed by atoms with E-state index < -0.39 is 0 Å². The first-order valence-electron chi connectivity index (χ1n) is 4.80. The summed E-state index contributed by atoms with van der Waals surface area (Å²) < 4.78 is 0. The van der Waals surface area contributed by atoms with Crippen LogP contribution in [0, 0.1) is 0 Å². The molecule has 3 heteroatoms. The maximum atomic E-state index is 11.2. The maximum Gasteiger partial charge on any atom is 0.243 e. The molecule has 0 bridgehead atoms. The van der Waals surface area contributed by atoms with Crippen LogP contribution in [0.15, 0.2) is 24.1 Å². The zero-order valence-corrected chi connectivity index (χ0v) is 8.77. The number of nitrogens with one attached hydrogen (secondary N) is 1. The van der Waals surface area contributed by atoms with Gasteiger partial charge in [0.25, 0.3) is 0 Å². The lowest BCUT2D eigenvalue weighted by Gasteiger charge is -2.22. The smallest absolute Gasteiger partial charge is 0.243 e. The third-order valence-electron chi connectivity index (χ3n) is 2.55. The Kier molecular flexibility index (Phi) is 2.68. The second-order valence-electron chi connectivity index (χ2n) is 3.46. The Balaban J connectivity index is 2.16. The lowest BCUT2D eigenvalue weighted by atomic mass is 9.94. The van der Waals surface area contributed by atoms with Gasteiger partial charge in [-0.2, -0.15) is 0 Å². The third kappa shape index (κ3) is 1.73. The molecule has 1 aliphatic rings. The van der Waals surface area contributed by atoms with E-state index in [1.165, 1.54) is 16.5 Å². The van der Waals surface area contributed by atoms with Crippen LogP contribution in [-0.4, -0.2) is 5.91 Å². The number of carbonyl (C=O) groups excluding carboxylic acids is 1. The molecule has 1 N–H and O–H groups in total. The predicted molar refractivity (Wildman–Crippen MR) is 58.3 cm³/mol. The van der Waals surface area contributed by atoms with Gasteiger partial charge in [0.15, 0.2) is 0 Å². The Morgan fingerprint density at radius 3 is 3.36 bits per heavy atom. The van der Waals surface area contributed by atoms with Crippen molar-refractivity contribution in [2.24, 2.45) is 0 Å². The molecule has 0 saturated heterocycles. The Labute approximate surface area is 87.6 Å². The van der Waals surface area contributed by atoms with Crippen LogP contribution in [0.4, 0.5) is 0 Å². The summed E-state index contributed by atoms with van der Waals surface area (Å²) in [6, 6.07) is 2.32. The normalized spacial score (nSPS) is 19.9. The molecule has 1 aromatic heterocycles. The zero-order chi connectivity index (χ0) is 9.97. The van der Waals surface area contributed by atoms with E-state index in [1.807, 2.05) is 0 Å². The van der Waals surface area contributed by atoms with Crippen LogP contribution in [0.25, 0.3) is 0 Å². The number of fused-ring (bicyclic) bond motifs is 1. The highest BCUT2D eigenvalue weighted by Gasteiger charge is 2.21. The van der Waals surface area contributed by atoms with E-state index in [-0.39, 0.29) is 11.9 Å². The highest BCUT2D eigenvalue weighted by atomic mass is 32.1. The average Bonchev–Trinajstić information content (AvgIpc) is 2.66. The number of carbonyl (C=O) groups is 1. The fraction of sp³-hybridized carbons (Fsp3) is 0.364. The molecule has 0 aliphatic heterocycles. The lowest BCUT2D eigenvalue weighted by molar-refractivity contribution is -0.117. The lowest BCUT2D eigenvalue weighted by Crippen LogP contribution is -2.28. The number of hydrogen-bond acceptors (Lipinski definition) is 2. The molecule has 0 spiro atoms. The van der Waals surface area contributed by atoms with Gasteiger partial charge in [-0.3, -0.25) is 4.79 Å². The number of rotatable bonds is 2. The number of hydrogen-bond donors (Lipinski definition) is 1. The summed E-state index contributed by atoms with van der Waals surface area (Å²) >= 11 is 1.79. The van der Waals surface area contributed by atoms with Gasteiger partial charge >= 0.3 is 0 Å². The van der Waals surface area contributed by atoms with Crippen LogP contribution >= 0.6 is 11.3 Å². The Morgan fingerprint density at radius 2 is 2.57 bits per heavy atom. The molecule has 1 heterocycles. The highest BCUT2D eigenvalue weighted by molar-refractivity contribution is 7.10. The van der Waals surface area contributed by atoms with E-state index in [2.05, 4.69) is 23.3 Å². The second-order valence-corrected chi connectivity index (χ2v) is 4.46. The largest absolute Gasteiger partial charge is 0.346 e. The highest BCUT2D eigenvalue weighted by Crippen LogP contribution is 2.33. The topological polar surface area (TPSA) is 29.1 Å². The molecule has 0 fully saturated rings. The van der Waals surface area contributed by atoms with Crippen molar-refractivity contribution in [1.82, 2.24) is 5.32 Å². The van der Waals surface area contributed by atoms with Crippen molar-refractivity contribution in [2.45, 2.75) is 25.3 Å². The minimum atomic E-state index is -0.0750. The molecule has 1 aliphatic carbocycles. The van der Waals surface area contributed by atoms with Gasteiger partial charge in [0, 0.05) is 4.88 Å². The van der Waals surface area contributed by atoms with Crippen LogP contribution in [0.5, 0.6) is 0 Å². The van der Waals surface area contributed by atoms with Crippen molar-refractivity contribution >= 4 is 17.2 Å². The fourth-order valence-electron chi connectivity index (χ4n) is 1.87. The molecule has 1 atom stereocenters. The SMILES string of the molecule is C=CC(=O)N[C@H]1CCCc2sccc21. The molecular weight excluding hydrogens is 194 g/mol. The monoisotopic (exact) mass is 207 g/mol. The molecule has 1 aromatic rings. The fourth-order valence-corrected chi connectivity index (χ4v) is 2.85. The number of aryl methyl sites for hydroxylation is 1. The van der Waals surface area contributed by atoms with E-state index in [4.69, 9.17) is 0 Å². The first-order valence-corrected chi connectivity index (χ1v) is 5.68. The summed E-state index contributed by atoms with van der Waals surface area (Å²) in [5.74, 6) is -0.0750. The van der Waals surface area contributed by atoms with Crippen molar-refractivity contribution in [3.63, 3.8) is 0 Å². The van der Waals surface area contributed by atoms with Crippen molar-refractivity contribution in [1.29, 1.82) is 0 Å². The van der Waals surface area contributed by atoms with Crippen molar-refractivity contribution in [3.05, 3.63) is 34.5 Å². The second kappa shape index (κ2) is 3.96. The Morgan fingerprint density at radius 1 is 1.71 bits per heavy atom. The van der Waals surface area contributed by atoms with Gasteiger partial charge in [0.1, 0.15) is 0 Å². The van der Waals surface area contributed by atoms with E-state index in [9.17, 15) is 4.79 Å². The van der Waals surface area contributed by atoms with Gasteiger partial charge in [-0.15, -0.1) is 11.3 Å². The summed E-state index contributed by atoms with van der Waals surface area (Å²) in [6.45, 7) is 3.46. The van der Waals surface area contributed by atoms with E-state index >= 15 is 0 Å². The molecule has 2 nitrogen and oxygen atoms in total. The van der Waals surface area contributed by atoms with Crippen LogP contribution < -0.4 is 5.32 Å². The van der Waals surface area contributed by atoms with Gasteiger partial charge in [-0.25, -0.2) is 0 Å². The van der Waals surface area contributed by atoms with E-state index in [1.54, 1.807) is 11.3 Å². The molecule has 1 amide bonds. The van der Waals surface area contributed by atoms with Gasteiger partial charge < -0.3 is 5.32 Å². The van der Waals surface area contributed by atoms with Crippen LogP contribution in [0.2, 0.25) is 0 Å². The Hall–Kier alpha value is -1.09. The van der Waals surface area contributed by atoms with Crippen molar-refractivity contribution in [3.8, 4) is 0 Å². The molecule has 0 radical (unpaired) electrons. The molecule has 0 unspecified atom stereocenters. The summed E-state index contributed by atoms with van der Waals surface area (Å²) in [5.41, 5.74) is 1.30.